The maximum Gasteiger partial charge on any atom is 0.335 e. The molecule has 0 saturated carbocycles. The number of allylic oxidation sites excluding steroid dienone is 1. The van der Waals surface area contributed by atoms with E-state index in [9.17, 15) is 19.1 Å². The summed E-state index contributed by atoms with van der Waals surface area (Å²) in [6, 6.07) is 13.7. The van der Waals surface area contributed by atoms with E-state index in [2.05, 4.69) is 4.99 Å². The predicted octanol–water partition coefficient (Wildman–Crippen LogP) is 7.09. The molecule has 0 amide bonds. The van der Waals surface area contributed by atoms with Gasteiger partial charge in [0.1, 0.15) is 17.1 Å². The molecule has 3 aromatic rings. The number of halogens is 3. The van der Waals surface area contributed by atoms with Crippen molar-refractivity contribution in [2.75, 3.05) is 6.61 Å². The van der Waals surface area contributed by atoms with Crippen molar-refractivity contribution in [3.63, 3.8) is 0 Å². The third kappa shape index (κ3) is 5.20. The first-order valence-corrected chi connectivity index (χ1v) is 12.0. The molecule has 1 aliphatic heterocycles. The summed E-state index contributed by atoms with van der Waals surface area (Å²) in [5.74, 6) is -1.77. The highest BCUT2D eigenvalue weighted by molar-refractivity contribution is 6.33. The average Bonchev–Trinajstić information content (AvgIpc) is 3.32. The normalized spacial score (nSPS) is 16.3. The Kier molecular flexibility index (Phi) is 7.57. The van der Waals surface area contributed by atoms with Gasteiger partial charge in [-0.15, -0.1) is 0 Å². The summed E-state index contributed by atoms with van der Waals surface area (Å²) in [6.45, 7) is 2.43. The van der Waals surface area contributed by atoms with Crippen molar-refractivity contribution in [1.82, 2.24) is 0 Å². The Bertz CT molecular complexity index is 1390. The molecular formula is C28H22Cl2FNO4. The number of benzene rings is 3. The van der Waals surface area contributed by atoms with Crippen molar-refractivity contribution >= 4 is 41.2 Å². The minimum Gasteiger partial charge on any atom is -0.493 e. The summed E-state index contributed by atoms with van der Waals surface area (Å²) in [5, 5.41) is 9.98. The van der Waals surface area contributed by atoms with Crippen LogP contribution in [-0.4, -0.2) is 35.2 Å². The summed E-state index contributed by atoms with van der Waals surface area (Å²) in [6.07, 6.45) is 5.65. The van der Waals surface area contributed by atoms with Gasteiger partial charge in [-0.25, -0.2) is 9.18 Å². The quantitative estimate of drug-likeness (QED) is 0.302. The lowest BCUT2D eigenvalue weighted by atomic mass is 9.83. The molecule has 0 radical (unpaired) electrons. The summed E-state index contributed by atoms with van der Waals surface area (Å²) in [5.41, 5.74) is 0.402. The van der Waals surface area contributed by atoms with E-state index in [1.807, 2.05) is 6.92 Å². The van der Waals surface area contributed by atoms with Gasteiger partial charge >= 0.3 is 5.97 Å². The van der Waals surface area contributed by atoms with E-state index in [0.29, 0.717) is 34.1 Å². The SMILES string of the molecule is CCCOc1ccc(-c2cc(C(=O)O)ccc2Cl)cc1CC1(C(=O)c2ccc(Cl)cc2F)C=CC=N1. The average molecular weight is 526 g/mol. The van der Waals surface area contributed by atoms with Gasteiger partial charge in [0.15, 0.2) is 5.78 Å². The van der Waals surface area contributed by atoms with E-state index >= 15 is 0 Å². The number of carboxylic acids is 1. The molecule has 0 saturated heterocycles. The zero-order chi connectivity index (χ0) is 25.9. The van der Waals surface area contributed by atoms with Crippen LogP contribution in [0.25, 0.3) is 11.1 Å². The Morgan fingerprint density at radius 1 is 1.08 bits per heavy atom. The molecule has 0 aromatic heterocycles. The van der Waals surface area contributed by atoms with Crippen LogP contribution in [-0.2, 0) is 6.42 Å². The van der Waals surface area contributed by atoms with Gasteiger partial charge in [-0.1, -0.05) is 36.2 Å². The molecule has 36 heavy (non-hydrogen) atoms. The third-order valence-corrected chi connectivity index (χ3v) is 6.40. The van der Waals surface area contributed by atoms with E-state index in [1.54, 1.807) is 30.4 Å². The molecule has 0 aliphatic carbocycles. The van der Waals surface area contributed by atoms with E-state index in [0.717, 1.165) is 12.5 Å². The number of rotatable bonds is 9. The zero-order valence-corrected chi connectivity index (χ0v) is 20.8. The molecule has 0 spiro atoms. The van der Waals surface area contributed by atoms with Crippen LogP contribution in [0.15, 0.2) is 71.7 Å². The van der Waals surface area contributed by atoms with Crippen molar-refractivity contribution in [2.24, 2.45) is 4.99 Å². The number of hydrogen-bond donors (Lipinski definition) is 1. The molecule has 1 unspecified atom stereocenters. The molecule has 1 heterocycles. The topological polar surface area (TPSA) is 76.0 Å². The molecule has 8 heteroatoms. The summed E-state index contributed by atoms with van der Waals surface area (Å²) < 4.78 is 20.6. The van der Waals surface area contributed by atoms with Gasteiger partial charge in [0, 0.05) is 28.2 Å². The molecule has 1 N–H and O–H groups in total. The lowest BCUT2D eigenvalue weighted by Crippen LogP contribution is -2.36. The minimum absolute atomic E-state index is 0.0873. The van der Waals surface area contributed by atoms with Crippen LogP contribution in [0, 0.1) is 5.82 Å². The lowest BCUT2D eigenvalue weighted by molar-refractivity contribution is 0.0696. The molecular weight excluding hydrogens is 504 g/mol. The fourth-order valence-electron chi connectivity index (χ4n) is 4.06. The molecule has 3 aromatic carbocycles. The zero-order valence-electron chi connectivity index (χ0n) is 19.3. The monoisotopic (exact) mass is 525 g/mol. The molecule has 1 atom stereocenters. The lowest BCUT2D eigenvalue weighted by Gasteiger charge is -2.25. The van der Waals surface area contributed by atoms with Crippen molar-refractivity contribution in [3.05, 3.63) is 99.3 Å². The van der Waals surface area contributed by atoms with Gasteiger partial charge in [-0.05, 0) is 78.2 Å². The predicted molar refractivity (Wildman–Crippen MR) is 139 cm³/mol. The number of aliphatic imine (C=N–C) groups is 1. The van der Waals surface area contributed by atoms with Gasteiger partial charge in [0.25, 0.3) is 0 Å². The summed E-state index contributed by atoms with van der Waals surface area (Å²) >= 11 is 12.3. The number of carbonyl (C=O) groups excluding carboxylic acids is 1. The van der Waals surface area contributed by atoms with Crippen LogP contribution in [0.3, 0.4) is 0 Å². The van der Waals surface area contributed by atoms with Gasteiger partial charge in [0.2, 0.25) is 0 Å². The third-order valence-electron chi connectivity index (χ3n) is 5.84. The number of carbonyl (C=O) groups is 2. The number of ketones is 1. The number of Topliss-reactive ketones (excluding diaryl/α,β-unsaturated/α-hetero) is 1. The van der Waals surface area contributed by atoms with Crippen LogP contribution in [0.2, 0.25) is 10.0 Å². The van der Waals surface area contributed by atoms with Crippen LogP contribution < -0.4 is 4.74 Å². The first-order chi connectivity index (χ1) is 17.2. The molecule has 0 bridgehead atoms. The second-order valence-corrected chi connectivity index (χ2v) is 9.21. The van der Waals surface area contributed by atoms with Crippen molar-refractivity contribution < 1.29 is 23.8 Å². The molecule has 184 valence electrons. The highest BCUT2D eigenvalue weighted by Crippen LogP contribution is 2.37. The maximum absolute atomic E-state index is 14.7. The van der Waals surface area contributed by atoms with Gasteiger partial charge in [0.05, 0.1) is 17.7 Å². The van der Waals surface area contributed by atoms with Crippen molar-refractivity contribution in [2.45, 2.75) is 25.3 Å². The second kappa shape index (κ2) is 10.6. The first-order valence-electron chi connectivity index (χ1n) is 11.3. The molecule has 4 rings (SSSR count). The summed E-state index contributed by atoms with van der Waals surface area (Å²) in [7, 11) is 0. The van der Waals surface area contributed by atoms with E-state index in [1.165, 1.54) is 36.5 Å². The van der Waals surface area contributed by atoms with Crippen molar-refractivity contribution in [1.29, 1.82) is 0 Å². The van der Waals surface area contributed by atoms with Gasteiger partial charge in [-0.3, -0.25) is 9.79 Å². The Morgan fingerprint density at radius 3 is 2.56 bits per heavy atom. The molecule has 1 aliphatic rings. The Balaban J connectivity index is 1.80. The number of carboxylic acid groups (broad SMARTS) is 1. The second-order valence-electron chi connectivity index (χ2n) is 8.36. The Morgan fingerprint density at radius 2 is 1.89 bits per heavy atom. The molecule has 0 fully saturated rings. The minimum atomic E-state index is -1.38. The number of ether oxygens (including phenoxy) is 1. The largest absolute Gasteiger partial charge is 0.493 e. The smallest absolute Gasteiger partial charge is 0.335 e. The number of hydrogen-bond acceptors (Lipinski definition) is 4. The van der Waals surface area contributed by atoms with E-state index in [-0.39, 0.29) is 22.6 Å². The van der Waals surface area contributed by atoms with Crippen LogP contribution in [0.5, 0.6) is 5.75 Å². The maximum atomic E-state index is 14.7. The number of nitrogens with zero attached hydrogens (tertiary/aromatic N) is 1. The fourth-order valence-corrected chi connectivity index (χ4v) is 4.44. The van der Waals surface area contributed by atoms with Gasteiger partial charge < -0.3 is 9.84 Å². The first kappa shape index (κ1) is 25.6. The van der Waals surface area contributed by atoms with Crippen molar-refractivity contribution in [3.8, 4) is 16.9 Å². The van der Waals surface area contributed by atoms with E-state index < -0.39 is 23.1 Å². The van der Waals surface area contributed by atoms with Crippen LogP contribution in [0.4, 0.5) is 4.39 Å². The standard InChI is InChI=1S/C28H22Cl2FNO4/c1-2-12-36-25-9-5-17(22-14-18(27(34)35)4-8-23(22)30)13-19(25)16-28(10-3-11-32-28)26(33)21-7-6-20(29)15-24(21)31/h3-11,13-15H,2,12,16H2,1H3,(H,34,35). The summed E-state index contributed by atoms with van der Waals surface area (Å²) in [4.78, 5) is 29.5. The Labute approximate surface area is 217 Å². The Hall–Kier alpha value is -3.48. The fraction of sp³-hybridized carbons (Fsp3) is 0.179. The molecule has 5 nitrogen and oxygen atoms in total. The van der Waals surface area contributed by atoms with E-state index in [4.69, 9.17) is 27.9 Å². The highest BCUT2D eigenvalue weighted by Gasteiger charge is 2.39. The number of aromatic carboxylic acids is 1. The highest BCUT2D eigenvalue weighted by atomic mass is 35.5. The van der Waals surface area contributed by atoms with Crippen LogP contribution in [0.1, 0.15) is 39.6 Å². The van der Waals surface area contributed by atoms with Crippen LogP contribution >= 0.6 is 23.2 Å². The van der Waals surface area contributed by atoms with Gasteiger partial charge in [-0.2, -0.15) is 0 Å².